The number of amides is 1. The fourth-order valence-corrected chi connectivity index (χ4v) is 6.80. The van der Waals surface area contributed by atoms with Crippen molar-refractivity contribution >= 4 is 27.5 Å². The molecule has 9 nitrogen and oxygen atoms in total. The number of carbonyl (C=O) groups is 1. The van der Waals surface area contributed by atoms with Crippen molar-refractivity contribution in [3.05, 3.63) is 48.8 Å². The SMILES string of the molecule is COc1ccc(-n2c(SCC(=O)N(C3CC3)C3CCS(=O)(=O)C3)nnc2-c2ccncc2)cc1. The van der Waals surface area contributed by atoms with Crippen molar-refractivity contribution in [3.63, 3.8) is 0 Å². The Morgan fingerprint density at radius 3 is 2.44 bits per heavy atom. The summed E-state index contributed by atoms with van der Waals surface area (Å²) in [5.74, 6) is 1.71. The van der Waals surface area contributed by atoms with Gasteiger partial charge in [0.05, 0.1) is 24.4 Å². The summed E-state index contributed by atoms with van der Waals surface area (Å²) in [6.45, 7) is 0. The molecule has 1 aliphatic carbocycles. The number of benzene rings is 1. The molecule has 2 aromatic heterocycles. The Hall–Kier alpha value is -2.92. The van der Waals surface area contributed by atoms with Crippen LogP contribution in [0.25, 0.3) is 17.1 Å². The van der Waals surface area contributed by atoms with E-state index in [1.807, 2.05) is 45.9 Å². The minimum Gasteiger partial charge on any atom is -0.497 e. The zero-order chi connectivity index (χ0) is 23.7. The summed E-state index contributed by atoms with van der Waals surface area (Å²) >= 11 is 1.31. The highest BCUT2D eigenvalue weighted by Gasteiger charge is 2.42. The van der Waals surface area contributed by atoms with E-state index in [0.29, 0.717) is 17.4 Å². The van der Waals surface area contributed by atoms with Crippen molar-refractivity contribution in [2.75, 3.05) is 24.4 Å². The van der Waals surface area contributed by atoms with Gasteiger partial charge in [-0.05, 0) is 55.7 Å². The number of rotatable bonds is 8. The fraction of sp³-hybridized carbons (Fsp3) is 0.391. The first-order valence-electron chi connectivity index (χ1n) is 11.1. The molecule has 0 radical (unpaired) electrons. The van der Waals surface area contributed by atoms with E-state index >= 15 is 0 Å². The lowest BCUT2D eigenvalue weighted by Crippen LogP contribution is -2.43. The van der Waals surface area contributed by atoms with E-state index < -0.39 is 9.84 Å². The van der Waals surface area contributed by atoms with E-state index in [2.05, 4.69) is 15.2 Å². The summed E-state index contributed by atoms with van der Waals surface area (Å²) in [5.41, 5.74) is 1.70. The molecule has 1 atom stereocenters. The number of methoxy groups -OCH3 is 1. The van der Waals surface area contributed by atoms with Crippen LogP contribution in [0.4, 0.5) is 0 Å². The van der Waals surface area contributed by atoms with Gasteiger partial charge in [-0.15, -0.1) is 10.2 Å². The number of carbonyl (C=O) groups excluding carboxylic acids is 1. The summed E-state index contributed by atoms with van der Waals surface area (Å²) in [4.78, 5) is 19.1. The predicted molar refractivity (Wildman–Crippen MR) is 129 cm³/mol. The van der Waals surface area contributed by atoms with Crippen LogP contribution in [0.1, 0.15) is 19.3 Å². The predicted octanol–water partition coefficient (Wildman–Crippen LogP) is 2.61. The minimum atomic E-state index is -3.07. The molecule has 1 saturated heterocycles. The molecule has 2 aliphatic rings. The van der Waals surface area contributed by atoms with Crippen LogP contribution in [0.3, 0.4) is 0 Å². The van der Waals surface area contributed by atoms with Crippen molar-refractivity contribution < 1.29 is 17.9 Å². The van der Waals surface area contributed by atoms with Crippen LogP contribution in [0.15, 0.2) is 53.9 Å². The van der Waals surface area contributed by atoms with Crippen LogP contribution in [-0.4, -0.2) is 75.4 Å². The van der Waals surface area contributed by atoms with Gasteiger partial charge in [0.2, 0.25) is 5.91 Å². The lowest BCUT2D eigenvalue weighted by Gasteiger charge is -2.28. The second-order valence-electron chi connectivity index (χ2n) is 8.45. The van der Waals surface area contributed by atoms with Crippen LogP contribution in [0, 0.1) is 0 Å². The van der Waals surface area contributed by atoms with Crippen molar-refractivity contribution in [2.45, 2.75) is 36.5 Å². The van der Waals surface area contributed by atoms with Crippen LogP contribution in [-0.2, 0) is 14.6 Å². The van der Waals surface area contributed by atoms with Crippen molar-refractivity contribution in [2.24, 2.45) is 0 Å². The minimum absolute atomic E-state index is 0.0515. The summed E-state index contributed by atoms with van der Waals surface area (Å²) < 4.78 is 31.2. The Balaban J connectivity index is 1.41. The average molecular weight is 500 g/mol. The number of nitrogens with zero attached hydrogens (tertiary/aromatic N) is 5. The molecule has 11 heteroatoms. The zero-order valence-electron chi connectivity index (χ0n) is 18.7. The first kappa shape index (κ1) is 22.9. The van der Waals surface area contributed by atoms with Gasteiger partial charge in [0.25, 0.3) is 0 Å². The highest BCUT2D eigenvalue weighted by molar-refractivity contribution is 7.99. The van der Waals surface area contributed by atoms with Gasteiger partial charge in [0.15, 0.2) is 20.8 Å². The quantitative estimate of drug-likeness (QED) is 0.435. The molecular weight excluding hydrogens is 474 g/mol. The molecule has 0 N–H and O–H groups in total. The highest BCUT2D eigenvalue weighted by Crippen LogP contribution is 2.34. The van der Waals surface area contributed by atoms with Gasteiger partial charge in [-0.2, -0.15) is 0 Å². The summed E-state index contributed by atoms with van der Waals surface area (Å²) in [6.07, 6.45) is 5.77. The molecular formula is C23H25N5O4S2. The lowest BCUT2D eigenvalue weighted by molar-refractivity contribution is -0.130. The molecule has 5 rings (SSSR count). The number of sulfone groups is 1. The van der Waals surface area contributed by atoms with Gasteiger partial charge in [-0.25, -0.2) is 8.42 Å². The van der Waals surface area contributed by atoms with E-state index in [4.69, 9.17) is 4.74 Å². The van der Waals surface area contributed by atoms with E-state index in [9.17, 15) is 13.2 Å². The monoisotopic (exact) mass is 499 g/mol. The third-order valence-electron chi connectivity index (χ3n) is 6.06. The largest absolute Gasteiger partial charge is 0.497 e. The smallest absolute Gasteiger partial charge is 0.233 e. The molecule has 178 valence electrons. The molecule has 3 aromatic rings. The van der Waals surface area contributed by atoms with E-state index in [1.165, 1.54) is 11.8 Å². The second kappa shape index (κ2) is 9.38. The maximum absolute atomic E-state index is 13.2. The molecule has 1 saturated carbocycles. The van der Waals surface area contributed by atoms with Gasteiger partial charge >= 0.3 is 0 Å². The first-order chi connectivity index (χ1) is 16.4. The Bertz CT molecular complexity index is 1270. The normalized spacial score (nSPS) is 19.1. The molecule has 34 heavy (non-hydrogen) atoms. The third kappa shape index (κ3) is 4.80. The highest BCUT2D eigenvalue weighted by atomic mass is 32.2. The summed E-state index contributed by atoms with van der Waals surface area (Å²) in [6, 6.07) is 11.2. The maximum Gasteiger partial charge on any atom is 0.233 e. The molecule has 1 unspecified atom stereocenters. The molecule has 1 amide bonds. The Morgan fingerprint density at radius 1 is 1.09 bits per heavy atom. The van der Waals surface area contributed by atoms with Gasteiger partial charge in [-0.3, -0.25) is 14.3 Å². The number of ether oxygens (including phenoxy) is 1. The summed E-state index contributed by atoms with van der Waals surface area (Å²) in [5, 5.41) is 9.37. The molecule has 1 aliphatic heterocycles. The van der Waals surface area contributed by atoms with Gasteiger partial charge in [0, 0.05) is 35.7 Å². The molecule has 1 aromatic carbocycles. The first-order valence-corrected chi connectivity index (χ1v) is 13.9. The summed E-state index contributed by atoms with van der Waals surface area (Å²) in [7, 11) is -1.45. The zero-order valence-corrected chi connectivity index (χ0v) is 20.3. The van der Waals surface area contributed by atoms with Crippen LogP contribution < -0.4 is 4.74 Å². The topological polar surface area (TPSA) is 107 Å². The van der Waals surface area contributed by atoms with E-state index in [0.717, 1.165) is 29.8 Å². The average Bonchev–Trinajstić information content (AvgIpc) is 3.48. The van der Waals surface area contributed by atoms with Gasteiger partial charge in [0.1, 0.15) is 5.75 Å². The maximum atomic E-state index is 13.2. The number of thioether (sulfide) groups is 1. The Morgan fingerprint density at radius 2 is 1.82 bits per heavy atom. The Labute approximate surface area is 202 Å². The number of pyridine rings is 1. The molecule has 3 heterocycles. The molecule has 0 spiro atoms. The van der Waals surface area contributed by atoms with Crippen molar-refractivity contribution in [3.8, 4) is 22.8 Å². The van der Waals surface area contributed by atoms with Crippen molar-refractivity contribution in [1.82, 2.24) is 24.6 Å². The van der Waals surface area contributed by atoms with Crippen LogP contribution in [0.5, 0.6) is 5.75 Å². The fourth-order valence-electron chi connectivity index (χ4n) is 4.27. The standard InChI is InChI=1S/C23H25N5O4S2/c1-32-20-6-4-18(5-7-20)28-22(16-8-11-24-12-9-16)25-26-23(28)33-14-21(29)27(17-2-3-17)19-10-13-34(30,31)15-19/h4-9,11-12,17,19H,2-3,10,13-15H2,1H3. The van der Waals surface area contributed by atoms with Crippen LogP contribution >= 0.6 is 11.8 Å². The van der Waals surface area contributed by atoms with Gasteiger partial charge in [-0.1, -0.05) is 11.8 Å². The molecule has 2 fully saturated rings. The van der Waals surface area contributed by atoms with E-state index in [-0.39, 0.29) is 35.2 Å². The number of hydrogen-bond acceptors (Lipinski definition) is 8. The number of hydrogen-bond donors (Lipinski definition) is 0. The van der Waals surface area contributed by atoms with E-state index in [1.54, 1.807) is 19.5 Å². The molecule has 0 bridgehead atoms. The third-order valence-corrected chi connectivity index (χ3v) is 8.72. The second-order valence-corrected chi connectivity index (χ2v) is 11.6. The van der Waals surface area contributed by atoms with Crippen molar-refractivity contribution in [1.29, 1.82) is 0 Å². The van der Waals surface area contributed by atoms with Crippen LogP contribution in [0.2, 0.25) is 0 Å². The lowest BCUT2D eigenvalue weighted by atomic mass is 10.2. The number of aromatic nitrogens is 4. The van der Waals surface area contributed by atoms with Gasteiger partial charge < -0.3 is 9.64 Å². The Kier molecular flexibility index (Phi) is 6.30.